The topological polar surface area (TPSA) is 112 Å². The predicted molar refractivity (Wildman–Crippen MR) is 130 cm³/mol. The zero-order chi connectivity index (χ0) is 23.8. The van der Waals surface area contributed by atoms with Crippen LogP contribution in [-0.2, 0) is 15.8 Å². The normalized spacial score (nSPS) is 19.8. The first-order valence-corrected chi connectivity index (χ1v) is 12.6. The Morgan fingerprint density at radius 3 is 2.45 bits per heavy atom. The quantitative estimate of drug-likeness (QED) is 0.487. The molecule has 1 aliphatic carbocycles. The molecule has 0 unspecified atom stereocenters. The maximum Gasteiger partial charge on any atom is 0.279 e. The number of nitrogens with zero attached hydrogens (tertiary/aromatic N) is 4. The Morgan fingerprint density at radius 1 is 1.09 bits per heavy atom. The maximum atomic E-state index is 12.1. The highest BCUT2D eigenvalue weighted by molar-refractivity contribution is 7.87. The fourth-order valence-corrected chi connectivity index (χ4v) is 5.18. The van der Waals surface area contributed by atoms with E-state index < -0.39 is 15.8 Å². The van der Waals surface area contributed by atoms with E-state index in [4.69, 9.17) is 4.98 Å². The molecule has 0 amide bonds. The van der Waals surface area contributed by atoms with E-state index in [0.717, 1.165) is 48.0 Å². The third-order valence-electron chi connectivity index (χ3n) is 6.14. The molecular weight excluding hydrogens is 440 g/mol. The molecule has 0 saturated heterocycles. The molecule has 2 aromatic heterocycles. The lowest BCUT2D eigenvalue weighted by molar-refractivity contribution is 0.0802. The Kier molecular flexibility index (Phi) is 6.45. The average Bonchev–Trinajstić information content (AvgIpc) is 3.18. The van der Waals surface area contributed by atoms with E-state index in [9.17, 15) is 13.5 Å². The Balaban J connectivity index is 1.47. The standard InChI is InChI=1S/C23H32N6O3S/c1-23(2,30)19-6-5-7-20-18(19)13-15-29(20)21-12-14-24-22(26-21)25-16-8-10-17(11-9-16)27-33(31,32)28(3)4/h5-7,12-17,27,30H,8-11H2,1-4H3,(H,24,25,26). The molecule has 2 heterocycles. The van der Waals surface area contributed by atoms with Crippen LogP contribution >= 0.6 is 0 Å². The number of aromatic nitrogens is 3. The monoisotopic (exact) mass is 472 g/mol. The van der Waals surface area contributed by atoms with E-state index in [0.29, 0.717) is 5.95 Å². The second-order valence-corrected chi connectivity index (χ2v) is 11.2. The minimum atomic E-state index is -3.42. The predicted octanol–water partition coefficient (Wildman–Crippen LogP) is 2.77. The van der Waals surface area contributed by atoms with Crippen LogP contribution in [0, 0.1) is 0 Å². The van der Waals surface area contributed by atoms with Gasteiger partial charge in [-0.15, -0.1) is 0 Å². The number of benzene rings is 1. The lowest BCUT2D eigenvalue weighted by Gasteiger charge is -2.30. The van der Waals surface area contributed by atoms with Crippen LogP contribution in [-0.4, -0.2) is 58.5 Å². The minimum absolute atomic E-state index is 0.0566. The molecule has 1 saturated carbocycles. The van der Waals surface area contributed by atoms with E-state index in [1.54, 1.807) is 20.0 Å². The summed E-state index contributed by atoms with van der Waals surface area (Å²) in [5, 5.41) is 14.9. The first-order valence-electron chi connectivity index (χ1n) is 11.2. The fourth-order valence-electron chi connectivity index (χ4n) is 4.31. The number of hydrogen-bond acceptors (Lipinski definition) is 6. The van der Waals surface area contributed by atoms with Gasteiger partial charge >= 0.3 is 0 Å². The van der Waals surface area contributed by atoms with Crippen LogP contribution in [0.3, 0.4) is 0 Å². The third kappa shape index (κ3) is 5.19. The molecule has 0 spiro atoms. The highest BCUT2D eigenvalue weighted by Gasteiger charge is 2.26. The van der Waals surface area contributed by atoms with Crippen molar-refractivity contribution in [2.75, 3.05) is 19.4 Å². The van der Waals surface area contributed by atoms with Gasteiger partial charge in [-0.3, -0.25) is 0 Å². The van der Waals surface area contributed by atoms with Crippen molar-refractivity contribution in [3.05, 3.63) is 48.3 Å². The van der Waals surface area contributed by atoms with Crippen LogP contribution in [0.2, 0.25) is 0 Å². The van der Waals surface area contributed by atoms with Crippen molar-refractivity contribution in [3.8, 4) is 5.82 Å². The Morgan fingerprint density at radius 2 is 1.79 bits per heavy atom. The molecule has 1 aliphatic rings. The van der Waals surface area contributed by atoms with Crippen LogP contribution in [0.4, 0.5) is 5.95 Å². The van der Waals surface area contributed by atoms with Crippen molar-refractivity contribution in [1.29, 1.82) is 0 Å². The summed E-state index contributed by atoms with van der Waals surface area (Å²) in [4.78, 5) is 9.10. The van der Waals surface area contributed by atoms with Gasteiger partial charge in [0.15, 0.2) is 0 Å². The lowest BCUT2D eigenvalue weighted by Crippen LogP contribution is -2.44. The van der Waals surface area contributed by atoms with Crippen LogP contribution in [0.25, 0.3) is 16.7 Å². The third-order valence-corrected chi connectivity index (χ3v) is 7.73. The number of nitrogens with one attached hydrogen (secondary N) is 2. The van der Waals surface area contributed by atoms with Crippen molar-refractivity contribution >= 4 is 27.1 Å². The molecule has 3 N–H and O–H groups in total. The fraction of sp³-hybridized carbons (Fsp3) is 0.478. The van der Waals surface area contributed by atoms with E-state index in [-0.39, 0.29) is 12.1 Å². The van der Waals surface area contributed by atoms with Gasteiger partial charge in [-0.05, 0) is 63.3 Å². The van der Waals surface area contributed by atoms with Gasteiger partial charge in [-0.25, -0.2) is 4.98 Å². The first kappa shape index (κ1) is 23.6. The average molecular weight is 473 g/mol. The minimum Gasteiger partial charge on any atom is -0.386 e. The molecule has 1 aromatic carbocycles. The number of rotatable bonds is 7. The van der Waals surface area contributed by atoms with E-state index >= 15 is 0 Å². The smallest absolute Gasteiger partial charge is 0.279 e. The summed E-state index contributed by atoms with van der Waals surface area (Å²) in [5.41, 5.74) is 0.893. The van der Waals surface area contributed by atoms with Gasteiger partial charge < -0.3 is 15.0 Å². The van der Waals surface area contributed by atoms with Crippen molar-refractivity contribution < 1.29 is 13.5 Å². The highest BCUT2D eigenvalue weighted by Crippen LogP contribution is 2.30. The Bertz CT molecular complexity index is 1220. The molecule has 4 rings (SSSR count). The second kappa shape index (κ2) is 9.02. The van der Waals surface area contributed by atoms with Gasteiger partial charge in [0.2, 0.25) is 5.95 Å². The Labute approximate surface area is 195 Å². The van der Waals surface area contributed by atoms with Crippen molar-refractivity contribution in [2.24, 2.45) is 0 Å². The first-order chi connectivity index (χ1) is 15.5. The van der Waals surface area contributed by atoms with Gasteiger partial charge in [0.1, 0.15) is 5.82 Å². The molecule has 0 radical (unpaired) electrons. The maximum absolute atomic E-state index is 12.1. The summed E-state index contributed by atoms with van der Waals surface area (Å²) in [5.74, 6) is 1.29. The van der Waals surface area contributed by atoms with Gasteiger partial charge in [-0.1, -0.05) is 12.1 Å². The SMILES string of the molecule is CN(C)S(=O)(=O)NC1CCC(Nc2nccc(-n3ccc4c(C(C)(C)O)cccc43)n2)CC1. The van der Waals surface area contributed by atoms with Gasteiger partial charge in [0, 0.05) is 44.0 Å². The zero-order valence-electron chi connectivity index (χ0n) is 19.5. The van der Waals surface area contributed by atoms with Crippen LogP contribution in [0.15, 0.2) is 42.7 Å². The molecule has 0 atom stereocenters. The molecular formula is C23H32N6O3S. The Hall–Kier alpha value is -2.53. The van der Waals surface area contributed by atoms with E-state index in [2.05, 4.69) is 15.0 Å². The lowest BCUT2D eigenvalue weighted by atomic mass is 9.92. The summed E-state index contributed by atoms with van der Waals surface area (Å²) in [6.45, 7) is 3.57. The number of aliphatic hydroxyl groups is 1. The molecule has 178 valence electrons. The van der Waals surface area contributed by atoms with Crippen molar-refractivity contribution in [2.45, 2.75) is 57.2 Å². The number of hydrogen-bond donors (Lipinski definition) is 3. The van der Waals surface area contributed by atoms with Crippen LogP contribution in [0.1, 0.15) is 45.1 Å². The van der Waals surface area contributed by atoms with E-state index in [1.807, 2.05) is 41.1 Å². The number of anilines is 1. The van der Waals surface area contributed by atoms with Crippen molar-refractivity contribution in [1.82, 2.24) is 23.6 Å². The summed E-state index contributed by atoms with van der Waals surface area (Å²) >= 11 is 0. The second-order valence-electron chi connectivity index (χ2n) is 9.32. The summed E-state index contributed by atoms with van der Waals surface area (Å²) in [6.07, 6.45) is 6.85. The molecule has 9 nitrogen and oxygen atoms in total. The number of fused-ring (bicyclic) bond motifs is 1. The molecule has 3 aromatic rings. The van der Waals surface area contributed by atoms with Gasteiger partial charge in [0.05, 0.1) is 11.1 Å². The molecule has 10 heteroatoms. The van der Waals surface area contributed by atoms with Crippen LogP contribution in [0.5, 0.6) is 0 Å². The van der Waals surface area contributed by atoms with Crippen molar-refractivity contribution in [3.63, 3.8) is 0 Å². The zero-order valence-corrected chi connectivity index (χ0v) is 20.3. The van der Waals surface area contributed by atoms with Gasteiger partial charge in [-0.2, -0.15) is 22.4 Å². The molecule has 0 aliphatic heterocycles. The molecule has 0 bridgehead atoms. The highest BCUT2D eigenvalue weighted by atomic mass is 32.2. The van der Waals surface area contributed by atoms with E-state index in [1.165, 1.54) is 18.4 Å². The summed E-state index contributed by atoms with van der Waals surface area (Å²) in [6, 6.07) is 9.87. The molecule has 1 fully saturated rings. The summed E-state index contributed by atoms with van der Waals surface area (Å²) < 4.78 is 30.1. The largest absolute Gasteiger partial charge is 0.386 e. The van der Waals surface area contributed by atoms with Crippen LogP contribution < -0.4 is 10.0 Å². The summed E-state index contributed by atoms with van der Waals surface area (Å²) in [7, 11) is -0.361. The molecule has 33 heavy (non-hydrogen) atoms. The van der Waals surface area contributed by atoms with Gasteiger partial charge in [0.25, 0.3) is 10.2 Å².